The highest BCUT2D eigenvalue weighted by Gasteiger charge is 2.15. The average molecular weight is 282 g/mol. The van der Waals surface area contributed by atoms with Crippen LogP contribution in [0.25, 0.3) is 0 Å². The van der Waals surface area contributed by atoms with Crippen LogP contribution in [0.4, 0.5) is 0 Å². The van der Waals surface area contributed by atoms with Crippen LogP contribution in [0.5, 0.6) is 5.75 Å². The van der Waals surface area contributed by atoms with E-state index in [0.29, 0.717) is 5.75 Å². The van der Waals surface area contributed by atoms with Crippen LogP contribution in [0.3, 0.4) is 0 Å². The van der Waals surface area contributed by atoms with Crippen LogP contribution >= 0.6 is 15.9 Å². The molecule has 0 aliphatic rings. The second kappa shape index (κ2) is 5.93. The third-order valence-corrected chi connectivity index (χ3v) is 2.97. The van der Waals surface area contributed by atoms with Gasteiger partial charge in [0.15, 0.2) is 0 Å². The summed E-state index contributed by atoms with van der Waals surface area (Å²) in [4.78, 5) is 0. The Bertz CT molecular complexity index is 397. The molecule has 1 aromatic rings. The molecule has 86 valence electrons. The average Bonchev–Trinajstić information content (AvgIpc) is 2.29. The van der Waals surface area contributed by atoms with E-state index in [1.807, 2.05) is 19.1 Å². The van der Waals surface area contributed by atoms with Crippen LogP contribution in [0.1, 0.15) is 31.9 Å². The molecule has 3 heteroatoms. The lowest BCUT2D eigenvalue weighted by Crippen LogP contribution is -2.29. The van der Waals surface area contributed by atoms with Gasteiger partial charge >= 0.3 is 0 Å². The zero-order valence-corrected chi connectivity index (χ0v) is 11.1. The molecule has 2 nitrogen and oxygen atoms in total. The van der Waals surface area contributed by atoms with E-state index >= 15 is 0 Å². The first-order chi connectivity index (χ1) is 7.58. The van der Waals surface area contributed by atoms with E-state index in [1.165, 1.54) is 0 Å². The van der Waals surface area contributed by atoms with Crippen LogP contribution in [-0.4, -0.2) is 11.1 Å². The first-order valence-electron chi connectivity index (χ1n) is 5.29. The minimum atomic E-state index is -0.0108. The zero-order valence-electron chi connectivity index (χ0n) is 9.50. The first-order valence-corrected chi connectivity index (χ1v) is 6.08. The predicted molar refractivity (Wildman–Crippen MR) is 70.3 cm³/mol. The van der Waals surface area contributed by atoms with Crippen molar-refractivity contribution in [3.8, 4) is 18.1 Å². The van der Waals surface area contributed by atoms with Gasteiger partial charge in [-0.3, -0.25) is 5.32 Å². The quantitative estimate of drug-likeness (QED) is 0.831. The van der Waals surface area contributed by atoms with Crippen LogP contribution < -0.4 is 5.32 Å². The number of benzene rings is 1. The minimum Gasteiger partial charge on any atom is -0.508 e. The Morgan fingerprint density at radius 3 is 2.81 bits per heavy atom. The molecule has 0 bridgehead atoms. The summed E-state index contributed by atoms with van der Waals surface area (Å²) >= 11 is 3.40. The van der Waals surface area contributed by atoms with E-state index in [9.17, 15) is 5.11 Å². The molecule has 2 unspecified atom stereocenters. The lowest BCUT2D eigenvalue weighted by Gasteiger charge is -2.20. The maximum Gasteiger partial charge on any atom is 0.120 e. The Balaban J connectivity index is 2.95. The van der Waals surface area contributed by atoms with Crippen LogP contribution in [-0.2, 0) is 0 Å². The molecule has 0 radical (unpaired) electrons. The van der Waals surface area contributed by atoms with Gasteiger partial charge in [0.2, 0.25) is 0 Å². The molecule has 1 rings (SSSR count). The van der Waals surface area contributed by atoms with E-state index in [2.05, 4.69) is 34.1 Å². The molecular weight excluding hydrogens is 266 g/mol. The predicted octanol–water partition coefficient (Wildman–Crippen LogP) is 3.22. The second-order valence-electron chi connectivity index (χ2n) is 3.72. The number of halogens is 1. The number of terminal acetylenes is 1. The van der Waals surface area contributed by atoms with Gasteiger partial charge < -0.3 is 5.11 Å². The highest BCUT2D eigenvalue weighted by atomic mass is 79.9. The summed E-state index contributed by atoms with van der Waals surface area (Å²) in [7, 11) is 0. The van der Waals surface area contributed by atoms with Crippen LogP contribution in [0, 0.1) is 12.3 Å². The van der Waals surface area contributed by atoms with Crippen molar-refractivity contribution in [3.63, 3.8) is 0 Å². The number of phenols is 1. The van der Waals surface area contributed by atoms with Crippen molar-refractivity contribution in [1.29, 1.82) is 0 Å². The van der Waals surface area contributed by atoms with Gasteiger partial charge in [0.25, 0.3) is 0 Å². The third-order valence-electron chi connectivity index (χ3n) is 2.47. The van der Waals surface area contributed by atoms with Crippen molar-refractivity contribution in [2.24, 2.45) is 0 Å². The van der Waals surface area contributed by atoms with Gasteiger partial charge in [-0.05, 0) is 31.5 Å². The molecule has 1 aromatic carbocycles. The van der Waals surface area contributed by atoms with Crippen molar-refractivity contribution in [1.82, 2.24) is 5.32 Å². The Morgan fingerprint density at radius 1 is 1.56 bits per heavy atom. The first kappa shape index (κ1) is 13.1. The van der Waals surface area contributed by atoms with E-state index in [4.69, 9.17) is 6.42 Å². The lowest BCUT2D eigenvalue weighted by atomic mass is 10.0. The Morgan fingerprint density at radius 2 is 2.25 bits per heavy atom. The monoisotopic (exact) mass is 281 g/mol. The Hall–Kier alpha value is -0.980. The summed E-state index contributed by atoms with van der Waals surface area (Å²) in [5.41, 5.74) is 0.874. The number of hydrogen-bond acceptors (Lipinski definition) is 2. The van der Waals surface area contributed by atoms with Gasteiger partial charge in [0.05, 0.1) is 6.04 Å². The van der Waals surface area contributed by atoms with E-state index < -0.39 is 0 Å². The summed E-state index contributed by atoms with van der Waals surface area (Å²) < 4.78 is 0.953. The summed E-state index contributed by atoms with van der Waals surface area (Å²) in [6, 6.07) is 5.48. The third kappa shape index (κ3) is 3.26. The lowest BCUT2D eigenvalue weighted by molar-refractivity contribution is 0.435. The van der Waals surface area contributed by atoms with E-state index in [-0.39, 0.29) is 12.1 Å². The van der Waals surface area contributed by atoms with E-state index in [1.54, 1.807) is 6.07 Å². The zero-order chi connectivity index (χ0) is 12.1. The molecule has 16 heavy (non-hydrogen) atoms. The van der Waals surface area contributed by atoms with Gasteiger partial charge in [0.1, 0.15) is 5.75 Å². The SMILES string of the molecule is C#CC(C)NC(CC)c1cc(Br)ccc1O. The van der Waals surface area contributed by atoms with Crippen molar-refractivity contribution in [3.05, 3.63) is 28.2 Å². The summed E-state index contributed by atoms with van der Waals surface area (Å²) in [5, 5.41) is 13.1. The van der Waals surface area contributed by atoms with Gasteiger partial charge in [-0.15, -0.1) is 6.42 Å². The molecule has 0 heterocycles. The number of aromatic hydroxyl groups is 1. The molecule has 0 saturated heterocycles. The van der Waals surface area contributed by atoms with Gasteiger partial charge in [0, 0.05) is 16.1 Å². The highest BCUT2D eigenvalue weighted by Crippen LogP contribution is 2.29. The fourth-order valence-electron chi connectivity index (χ4n) is 1.58. The van der Waals surface area contributed by atoms with Crippen LogP contribution in [0.2, 0.25) is 0 Å². The van der Waals surface area contributed by atoms with Gasteiger partial charge in [-0.2, -0.15) is 0 Å². The molecule has 0 aliphatic heterocycles. The Labute approximate surface area is 105 Å². The summed E-state index contributed by atoms with van der Waals surface area (Å²) in [6.07, 6.45) is 6.21. The number of hydrogen-bond donors (Lipinski definition) is 2. The summed E-state index contributed by atoms with van der Waals surface area (Å²) in [5.74, 6) is 2.93. The second-order valence-corrected chi connectivity index (χ2v) is 4.63. The van der Waals surface area contributed by atoms with Crippen LogP contribution in [0.15, 0.2) is 22.7 Å². The normalized spacial score (nSPS) is 14.1. The van der Waals surface area contributed by atoms with Crippen molar-refractivity contribution in [2.75, 3.05) is 0 Å². The molecule has 0 fully saturated rings. The molecule has 0 spiro atoms. The van der Waals surface area contributed by atoms with E-state index in [0.717, 1.165) is 16.5 Å². The number of rotatable bonds is 4. The standard InChI is InChI=1S/C13H16BrNO/c1-4-9(3)15-12(5-2)11-8-10(14)6-7-13(11)16/h1,6-9,12,15-16H,5H2,2-3H3. The maximum atomic E-state index is 9.81. The molecule has 2 atom stereocenters. The van der Waals surface area contributed by atoms with Crippen molar-refractivity contribution in [2.45, 2.75) is 32.4 Å². The number of nitrogens with one attached hydrogen (secondary N) is 1. The molecule has 0 saturated carbocycles. The molecule has 0 aliphatic carbocycles. The molecule has 2 N–H and O–H groups in total. The molecular formula is C13H16BrNO. The fourth-order valence-corrected chi connectivity index (χ4v) is 1.96. The van der Waals surface area contributed by atoms with Crippen molar-refractivity contribution < 1.29 is 5.11 Å². The topological polar surface area (TPSA) is 32.3 Å². The maximum absolute atomic E-state index is 9.81. The number of phenolic OH excluding ortho intramolecular Hbond substituents is 1. The smallest absolute Gasteiger partial charge is 0.120 e. The largest absolute Gasteiger partial charge is 0.508 e. The Kier molecular flexibility index (Phi) is 4.85. The molecule has 0 amide bonds. The summed E-state index contributed by atoms with van der Waals surface area (Å²) in [6.45, 7) is 3.99. The van der Waals surface area contributed by atoms with Crippen molar-refractivity contribution >= 4 is 15.9 Å². The van der Waals surface area contributed by atoms with Gasteiger partial charge in [-0.1, -0.05) is 28.8 Å². The minimum absolute atomic E-state index is 0.0108. The highest BCUT2D eigenvalue weighted by molar-refractivity contribution is 9.10. The fraction of sp³-hybridized carbons (Fsp3) is 0.385. The molecule has 0 aromatic heterocycles. The van der Waals surface area contributed by atoms with Gasteiger partial charge in [-0.25, -0.2) is 0 Å².